The van der Waals surface area contributed by atoms with E-state index in [4.69, 9.17) is 9.47 Å². The van der Waals surface area contributed by atoms with Crippen LogP contribution in [0.5, 0.6) is 11.5 Å². The van der Waals surface area contributed by atoms with E-state index in [1.54, 1.807) is 26.3 Å². The third-order valence-corrected chi connectivity index (χ3v) is 7.04. The molecule has 0 spiro atoms. The van der Waals surface area contributed by atoms with Crippen molar-refractivity contribution in [1.29, 1.82) is 0 Å². The van der Waals surface area contributed by atoms with Gasteiger partial charge < -0.3 is 14.8 Å². The number of hydrogen-bond donors (Lipinski definition) is 1. The van der Waals surface area contributed by atoms with Crippen molar-refractivity contribution >= 4 is 26.7 Å². The van der Waals surface area contributed by atoms with Crippen molar-refractivity contribution in [2.24, 2.45) is 0 Å². The van der Waals surface area contributed by atoms with Crippen LogP contribution in [0.1, 0.15) is 11.4 Å². The highest BCUT2D eigenvalue weighted by Gasteiger charge is 2.20. The van der Waals surface area contributed by atoms with Crippen LogP contribution in [0.25, 0.3) is 0 Å². The number of methoxy groups -OCH3 is 2. The summed E-state index contributed by atoms with van der Waals surface area (Å²) in [5.41, 5.74) is 1.09. The van der Waals surface area contributed by atoms with Gasteiger partial charge in [-0.1, -0.05) is 12.1 Å². The first-order valence-electron chi connectivity index (χ1n) is 9.22. The van der Waals surface area contributed by atoms with E-state index in [0.717, 1.165) is 11.3 Å². The van der Waals surface area contributed by atoms with Crippen LogP contribution in [0.4, 0.5) is 5.13 Å². The molecule has 1 heterocycles. The lowest BCUT2D eigenvalue weighted by atomic mass is 10.1. The number of hydrogen-bond acceptors (Lipinski definition) is 8. The van der Waals surface area contributed by atoms with Gasteiger partial charge in [0, 0.05) is 38.1 Å². The van der Waals surface area contributed by atoms with E-state index >= 15 is 0 Å². The summed E-state index contributed by atoms with van der Waals surface area (Å²) in [6.07, 6.45) is 0.619. The molecule has 0 unspecified atom stereocenters. The van der Waals surface area contributed by atoms with Gasteiger partial charge in [0.25, 0.3) is 0 Å². The summed E-state index contributed by atoms with van der Waals surface area (Å²) < 4.78 is 41.2. The van der Waals surface area contributed by atoms with E-state index in [1.165, 1.54) is 35.1 Å². The van der Waals surface area contributed by atoms with E-state index in [1.807, 2.05) is 24.3 Å². The minimum absolute atomic E-state index is 0.225. The van der Waals surface area contributed by atoms with Crippen molar-refractivity contribution in [2.75, 3.05) is 39.7 Å². The van der Waals surface area contributed by atoms with E-state index in [0.29, 0.717) is 36.2 Å². The molecular formula is C20H24N4O4S2. The predicted molar refractivity (Wildman–Crippen MR) is 117 cm³/mol. The SMILES string of the molecule is COc1ccc(Cc2nsc(NCCN(C)S(=O)(=O)c3ccc(OC)cc3)n2)cc1. The molecule has 0 aliphatic rings. The summed E-state index contributed by atoms with van der Waals surface area (Å²) in [7, 11) is 1.16. The second-order valence-electron chi connectivity index (χ2n) is 6.47. The first-order valence-corrected chi connectivity index (χ1v) is 11.4. The second-order valence-corrected chi connectivity index (χ2v) is 9.27. The van der Waals surface area contributed by atoms with Gasteiger partial charge in [-0.25, -0.2) is 13.4 Å². The van der Waals surface area contributed by atoms with Crippen molar-refractivity contribution in [3.8, 4) is 11.5 Å². The Bertz CT molecular complexity index is 1050. The summed E-state index contributed by atoms with van der Waals surface area (Å²) >= 11 is 1.26. The van der Waals surface area contributed by atoms with Gasteiger partial charge in [0.05, 0.1) is 19.1 Å². The lowest BCUT2D eigenvalue weighted by molar-refractivity contribution is 0.414. The number of aromatic nitrogens is 2. The van der Waals surface area contributed by atoms with Crippen LogP contribution in [-0.4, -0.2) is 56.4 Å². The molecule has 160 valence electrons. The molecule has 30 heavy (non-hydrogen) atoms. The zero-order valence-corrected chi connectivity index (χ0v) is 18.7. The first-order chi connectivity index (χ1) is 14.4. The molecule has 3 rings (SSSR count). The monoisotopic (exact) mass is 448 g/mol. The number of ether oxygens (including phenoxy) is 2. The van der Waals surface area contributed by atoms with Gasteiger partial charge in [0.2, 0.25) is 15.2 Å². The molecule has 3 aromatic rings. The fraction of sp³-hybridized carbons (Fsp3) is 0.300. The van der Waals surface area contributed by atoms with Crippen LogP contribution in [0.15, 0.2) is 53.4 Å². The molecule has 0 amide bonds. The smallest absolute Gasteiger partial charge is 0.242 e. The summed E-state index contributed by atoms with van der Waals surface area (Å²) in [6, 6.07) is 14.1. The lowest BCUT2D eigenvalue weighted by Gasteiger charge is -2.17. The number of nitrogens with zero attached hydrogens (tertiary/aromatic N) is 3. The molecule has 0 aliphatic carbocycles. The van der Waals surface area contributed by atoms with Gasteiger partial charge in [0.1, 0.15) is 17.3 Å². The van der Waals surface area contributed by atoms with Crippen LogP contribution in [-0.2, 0) is 16.4 Å². The molecule has 0 fully saturated rings. The maximum absolute atomic E-state index is 12.7. The number of likely N-dealkylation sites (N-methyl/N-ethyl adjacent to an activating group) is 1. The fourth-order valence-corrected chi connectivity index (χ4v) is 4.47. The zero-order valence-electron chi connectivity index (χ0n) is 17.0. The minimum atomic E-state index is -3.56. The van der Waals surface area contributed by atoms with E-state index in [-0.39, 0.29) is 4.90 Å². The molecule has 0 saturated heterocycles. The molecule has 2 aromatic carbocycles. The molecule has 8 nitrogen and oxygen atoms in total. The average molecular weight is 449 g/mol. The maximum atomic E-state index is 12.7. The normalized spacial score (nSPS) is 11.5. The number of sulfonamides is 1. The molecule has 0 atom stereocenters. The van der Waals surface area contributed by atoms with Gasteiger partial charge in [-0.3, -0.25) is 0 Å². The highest BCUT2D eigenvalue weighted by molar-refractivity contribution is 7.89. The molecule has 0 saturated carbocycles. The quantitative estimate of drug-likeness (QED) is 0.510. The van der Waals surface area contributed by atoms with Crippen molar-refractivity contribution in [3.05, 3.63) is 59.9 Å². The van der Waals surface area contributed by atoms with Crippen molar-refractivity contribution < 1.29 is 17.9 Å². The Labute approximate surface area is 180 Å². The molecule has 0 bridgehead atoms. The Balaban J connectivity index is 1.51. The molecule has 0 aliphatic heterocycles. The van der Waals surface area contributed by atoms with Crippen molar-refractivity contribution in [1.82, 2.24) is 13.7 Å². The third-order valence-electron chi connectivity index (χ3n) is 4.46. The van der Waals surface area contributed by atoms with Gasteiger partial charge in [-0.15, -0.1) is 0 Å². The van der Waals surface area contributed by atoms with Crippen LogP contribution in [0.2, 0.25) is 0 Å². The Morgan fingerprint density at radius 3 is 2.20 bits per heavy atom. The summed E-state index contributed by atoms with van der Waals surface area (Å²) in [5.74, 6) is 2.13. The predicted octanol–water partition coefficient (Wildman–Crippen LogP) is 2.88. The number of nitrogens with one attached hydrogen (secondary N) is 1. The van der Waals surface area contributed by atoms with E-state index < -0.39 is 10.0 Å². The van der Waals surface area contributed by atoms with Crippen molar-refractivity contribution in [3.63, 3.8) is 0 Å². The van der Waals surface area contributed by atoms with Crippen molar-refractivity contribution in [2.45, 2.75) is 11.3 Å². The van der Waals surface area contributed by atoms with Crippen LogP contribution in [0, 0.1) is 0 Å². The van der Waals surface area contributed by atoms with Gasteiger partial charge >= 0.3 is 0 Å². The van der Waals surface area contributed by atoms with Gasteiger partial charge in [0.15, 0.2) is 0 Å². The van der Waals surface area contributed by atoms with Gasteiger partial charge in [-0.2, -0.15) is 8.68 Å². The molecule has 1 N–H and O–H groups in total. The third kappa shape index (κ3) is 5.47. The Kier molecular flexibility index (Phi) is 7.24. The molecule has 10 heteroatoms. The van der Waals surface area contributed by atoms with Crippen LogP contribution >= 0.6 is 11.5 Å². The number of rotatable bonds is 10. The highest BCUT2D eigenvalue weighted by Crippen LogP contribution is 2.19. The Hall–Kier alpha value is -2.69. The average Bonchev–Trinajstić information content (AvgIpc) is 3.21. The second kappa shape index (κ2) is 9.88. The number of anilines is 1. The van der Waals surface area contributed by atoms with Crippen LogP contribution in [0.3, 0.4) is 0 Å². The summed E-state index contributed by atoms with van der Waals surface area (Å²) in [4.78, 5) is 4.69. The largest absolute Gasteiger partial charge is 0.497 e. The standard InChI is InChI=1S/C20H24N4O4S2/c1-24(30(25,26)18-10-8-17(28-3)9-11-18)13-12-21-20-22-19(23-29-20)14-15-4-6-16(27-2)7-5-15/h4-11H,12-14H2,1-3H3,(H,21,22,23). The minimum Gasteiger partial charge on any atom is -0.497 e. The molecule has 1 aromatic heterocycles. The maximum Gasteiger partial charge on any atom is 0.242 e. The summed E-state index contributed by atoms with van der Waals surface area (Å²) in [5, 5.41) is 3.80. The molecule has 0 radical (unpaired) electrons. The highest BCUT2D eigenvalue weighted by atomic mass is 32.2. The zero-order chi connectivity index (χ0) is 21.6. The van der Waals surface area contributed by atoms with Crippen LogP contribution < -0.4 is 14.8 Å². The first kappa shape index (κ1) is 22.0. The molecular weight excluding hydrogens is 424 g/mol. The summed E-state index contributed by atoms with van der Waals surface area (Å²) in [6.45, 7) is 0.713. The number of benzene rings is 2. The lowest BCUT2D eigenvalue weighted by Crippen LogP contribution is -2.31. The van der Waals surface area contributed by atoms with E-state index in [9.17, 15) is 8.42 Å². The Morgan fingerprint density at radius 2 is 1.60 bits per heavy atom. The van der Waals surface area contributed by atoms with E-state index in [2.05, 4.69) is 14.7 Å². The Morgan fingerprint density at radius 1 is 1.00 bits per heavy atom. The topological polar surface area (TPSA) is 93.7 Å². The van der Waals surface area contributed by atoms with Gasteiger partial charge in [-0.05, 0) is 42.0 Å². The fourth-order valence-electron chi connectivity index (χ4n) is 2.69.